The number of likely N-dealkylation sites (tertiary alicyclic amines) is 1. The zero-order valence-electron chi connectivity index (χ0n) is 15.8. The lowest BCUT2D eigenvalue weighted by Gasteiger charge is -2.43. The minimum absolute atomic E-state index is 0.00819. The van der Waals surface area contributed by atoms with Crippen molar-refractivity contribution in [1.82, 2.24) is 4.90 Å². The Morgan fingerprint density at radius 2 is 1.31 bits per heavy atom. The highest BCUT2D eigenvalue weighted by Crippen LogP contribution is 2.42. The Bertz CT molecular complexity index is 624. The van der Waals surface area contributed by atoms with Gasteiger partial charge in [0, 0.05) is 18.6 Å². The third kappa shape index (κ3) is 3.87. The van der Waals surface area contributed by atoms with E-state index in [-0.39, 0.29) is 12.0 Å². The van der Waals surface area contributed by atoms with Gasteiger partial charge in [0.1, 0.15) is 11.5 Å². The lowest BCUT2D eigenvalue weighted by atomic mass is 9.68. The van der Waals surface area contributed by atoms with Gasteiger partial charge in [-0.15, -0.1) is 0 Å². The second-order valence-corrected chi connectivity index (χ2v) is 6.96. The number of hydrogen-bond acceptors (Lipinski definition) is 4. The predicted molar refractivity (Wildman–Crippen MR) is 104 cm³/mol. The smallest absolute Gasteiger partial charge is 0.118 e. The lowest BCUT2D eigenvalue weighted by molar-refractivity contribution is 0.163. The molecule has 4 nitrogen and oxygen atoms in total. The molecule has 26 heavy (non-hydrogen) atoms. The van der Waals surface area contributed by atoms with Crippen LogP contribution in [0.1, 0.15) is 30.4 Å². The first kappa shape index (κ1) is 18.7. The van der Waals surface area contributed by atoms with Crippen LogP contribution < -0.4 is 9.47 Å². The number of hydrogen-bond donors (Lipinski definition) is 1. The number of nitrogens with zero attached hydrogens (tertiary/aromatic N) is 1. The van der Waals surface area contributed by atoms with Crippen molar-refractivity contribution in [3.8, 4) is 11.5 Å². The molecule has 0 atom stereocenters. The molecule has 140 valence electrons. The number of methoxy groups -OCH3 is 2. The Kier molecular flexibility index (Phi) is 6.17. The minimum atomic E-state index is 0.00819. The highest BCUT2D eigenvalue weighted by Gasteiger charge is 2.37. The van der Waals surface area contributed by atoms with Crippen LogP contribution in [0.3, 0.4) is 0 Å². The van der Waals surface area contributed by atoms with E-state index in [4.69, 9.17) is 14.6 Å². The summed E-state index contributed by atoms with van der Waals surface area (Å²) in [6, 6.07) is 17.0. The van der Waals surface area contributed by atoms with Crippen molar-refractivity contribution in [2.75, 3.05) is 40.5 Å². The molecule has 0 spiro atoms. The van der Waals surface area contributed by atoms with Gasteiger partial charge < -0.3 is 19.5 Å². The second kappa shape index (κ2) is 8.56. The normalized spacial score (nSPS) is 17.0. The van der Waals surface area contributed by atoms with E-state index in [0.29, 0.717) is 0 Å². The van der Waals surface area contributed by atoms with Crippen LogP contribution >= 0.6 is 0 Å². The van der Waals surface area contributed by atoms with E-state index in [2.05, 4.69) is 53.4 Å². The molecule has 0 amide bonds. The fraction of sp³-hybridized carbons (Fsp3) is 0.455. The SMILES string of the molecule is COc1ccc(C2(c3ccc(OC)cc3)CCN(CCCO)CC2)cc1. The van der Waals surface area contributed by atoms with Gasteiger partial charge in [-0.05, 0) is 67.7 Å². The van der Waals surface area contributed by atoms with Crippen molar-refractivity contribution in [1.29, 1.82) is 0 Å². The van der Waals surface area contributed by atoms with Crippen LogP contribution in [0.4, 0.5) is 0 Å². The summed E-state index contributed by atoms with van der Waals surface area (Å²) < 4.78 is 10.7. The fourth-order valence-electron chi connectivity index (χ4n) is 4.02. The molecule has 0 unspecified atom stereocenters. The van der Waals surface area contributed by atoms with Crippen molar-refractivity contribution in [2.24, 2.45) is 0 Å². The monoisotopic (exact) mass is 355 g/mol. The molecule has 0 aliphatic carbocycles. The topological polar surface area (TPSA) is 41.9 Å². The summed E-state index contributed by atoms with van der Waals surface area (Å²) >= 11 is 0. The number of benzene rings is 2. The molecule has 1 heterocycles. The number of aliphatic hydroxyl groups excluding tert-OH is 1. The molecule has 0 bridgehead atoms. The summed E-state index contributed by atoms with van der Waals surface area (Å²) in [7, 11) is 3.40. The summed E-state index contributed by atoms with van der Waals surface area (Å²) in [5.74, 6) is 1.78. The summed E-state index contributed by atoms with van der Waals surface area (Å²) in [4.78, 5) is 2.46. The van der Waals surface area contributed by atoms with Gasteiger partial charge in [0.05, 0.1) is 14.2 Å². The third-order valence-corrected chi connectivity index (χ3v) is 5.63. The average Bonchev–Trinajstić information content (AvgIpc) is 2.73. The van der Waals surface area contributed by atoms with Gasteiger partial charge in [-0.3, -0.25) is 0 Å². The van der Waals surface area contributed by atoms with Gasteiger partial charge in [-0.2, -0.15) is 0 Å². The molecular formula is C22H29NO3. The van der Waals surface area contributed by atoms with Gasteiger partial charge in [0.25, 0.3) is 0 Å². The predicted octanol–water partition coefficient (Wildman–Crippen LogP) is 3.47. The molecule has 1 fully saturated rings. The summed E-state index contributed by atoms with van der Waals surface area (Å²) in [5, 5.41) is 9.10. The zero-order valence-corrected chi connectivity index (χ0v) is 15.8. The molecule has 0 radical (unpaired) electrons. The molecule has 2 aromatic carbocycles. The first-order chi connectivity index (χ1) is 12.7. The van der Waals surface area contributed by atoms with Crippen molar-refractivity contribution in [2.45, 2.75) is 24.7 Å². The van der Waals surface area contributed by atoms with Crippen molar-refractivity contribution < 1.29 is 14.6 Å². The first-order valence-electron chi connectivity index (χ1n) is 9.34. The van der Waals surface area contributed by atoms with Crippen LogP contribution in [0.5, 0.6) is 11.5 Å². The number of rotatable bonds is 7. The summed E-state index contributed by atoms with van der Waals surface area (Å²) in [6.07, 6.45) is 2.98. The van der Waals surface area contributed by atoms with E-state index < -0.39 is 0 Å². The zero-order chi connectivity index (χ0) is 18.4. The van der Waals surface area contributed by atoms with E-state index in [1.54, 1.807) is 14.2 Å². The van der Waals surface area contributed by atoms with Crippen LogP contribution in [-0.2, 0) is 5.41 Å². The molecule has 1 saturated heterocycles. The summed E-state index contributed by atoms with van der Waals surface area (Å²) in [6.45, 7) is 3.31. The van der Waals surface area contributed by atoms with E-state index >= 15 is 0 Å². The van der Waals surface area contributed by atoms with Gasteiger partial charge in [-0.1, -0.05) is 24.3 Å². The molecule has 0 aromatic heterocycles. The van der Waals surface area contributed by atoms with Gasteiger partial charge in [0.15, 0.2) is 0 Å². The van der Waals surface area contributed by atoms with Gasteiger partial charge in [0.2, 0.25) is 0 Å². The maximum atomic E-state index is 9.10. The van der Waals surface area contributed by atoms with Crippen LogP contribution in [0, 0.1) is 0 Å². The second-order valence-electron chi connectivity index (χ2n) is 6.96. The number of ether oxygens (including phenoxy) is 2. The van der Waals surface area contributed by atoms with E-state index in [9.17, 15) is 0 Å². The van der Waals surface area contributed by atoms with E-state index in [0.717, 1.165) is 50.4 Å². The Balaban J connectivity index is 1.90. The molecular weight excluding hydrogens is 326 g/mol. The van der Waals surface area contributed by atoms with E-state index in [1.165, 1.54) is 11.1 Å². The third-order valence-electron chi connectivity index (χ3n) is 5.63. The standard InChI is InChI=1S/C22H29NO3/c1-25-20-8-4-18(5-9-20)22(19-6-10-21(26-2)11-7-19)12-15-23(16-13-22)14-3-17-24/h4-11,24H,3,12-17H2,1-2H3. The van der Waals surface area contributed by atoms with Crippen molar-refractivity contribution >= 4 is 0 Å². The van der Waals surface area contributed by atoms with Crippen LogP contribution in [0.15, 0.2) is 48.5 Å². The summed E-state index contributed by atoms with van der Waals surface area (Å²) in [5.41, 5.74) is 2.68. The maximum Gasteiger partial charge on any atom is 0.118 e. The maximum absolute atomic E-state index is 9.10. The molecule has 1 aliphatic rings. The molecule has 3 rings (SSSR count). The molecule has 1 aliphatic heterocycles. The van der Waals surface area contributed by atoms with E-state index in [1.807, 2.05) is 0 Å². The highest BCUT2D eigenvalue weighted by atomic mass is 16.5. The average molecular weight is 355 g/mol. The van der Waals surface area contributed by atoms with Crippen LogP contribution in [0.25, 0.3) is 0 Å². The Hall–Kier alpha value is -2.04. The van der Waals surface area contributed by atoms with Crippen molar-refractivity contribution in [3.05, 3.63) is 59.7 Å². The largest absolute Gasteiger partial charge is 0.497 e. The Labute approximate surface area is 156 Å². The Morgan fingerprint density at radius 3 is 1.69 bits per heavy atom. The van der Waals surface area contributed by atoms with Gasteiger partial charge in [-0.25, -0.2) is 0 Å². The lowest BCUT2D eigenvalue weighted by Crippen LogP contribution is -2.43. The number of aliphatic hydroxyl groups is 1. The first-order valence-corrected chi connectivity index (χ1v) is 9.34. The number of piperidine rings is 1. The Morgan fingerprint density at radius 1 is 0.846 bits per heavy atom. The molecule has 4 heteroatoms. The fourth-order valence-corrected chi connectivity index (χ4v) is 4.02. The quantitative estimate of drug-likeness (QED) is 0.826. The van der Waals surface area contributed by atoms with Gasteiger partial charge >= 0.3 is 0 Å². The molecule has 1 N–H and O–H groups in total. The molecule has 2 aromatic rings. The minimum Gasteiger partial charge on any atom is -0.497 e. The van der Waals surface area contributed by atoms with Crippen molar-refractivity contribution in [3.63, 3.8) is 0 Å². The molecule has 0 saturated carbocycles. The highest BCUT2D eigenvalue weighted by molar-refractivity contribution is 5.44. The van der Waals surface area contributed by atoms with Crippen LogP contribution in [0.2, 0.25) is 0 Å². The van der Waals surface area contributed by atoms with Crippen LogP contribution in [-0.4, -0.2) is 50.5 Å².